The van der Waals surface area contributed by atoms with E-state index in [1.54, 1.807) is 0 Å². The molecule has 0 bridgehead atoms. The smallest absolute Gasteiger partial charge is 0.245 e. The summed E-state index contributed by atoms with van der Waals surface area (Å²) in [6.07, 6.45) is 1.74. The molecule has 0 aromatic heterocycles. The van der Waals surface area contributed by atoms with Crippen molar-refractivity contribution in [2.24, 2.45) is 11.5 Å². The Morgan fingerprint density at radius 3 is 2.21 bits per heavy atom. The van der Waals surface area contributed by atoms with Crippen molar-refractivity contribution in [3.05, 3.63) is 0 Å². The summed E-state index contributed by atoms with van der Waals surface area (Å²) in [4.78, 5) is 33.8. The van der Waals surface area contributed by atoms with E-state index < -0.39 is 36.4 Å². The Balaban J connectivity index is 4.43. The van der Waals surface area contributed by atoms with Gasteiger partial charge in [-0.3, -0.25) is 14.4 Å². The largest absolute Gasteiger partial charge is 0.394 e. The van der Waals surface area contributed by atoms with Gasteiger partial charge in [-0.1, -0.05) is 0 Å². The molecule has 0 spiro atoms. The number of rotatable bonds is 9. The molecule has 7 N–H and O–H groups in total. The second-order valence-electron chi connectivity index (χ2n) is 4.18. The maximum absolute atomic E-state index is 11.7. The number of nitrogens with two attached hydrogens (primary N) is 2. The van der Waals surface area contributed by atoms with Gasteiger partial charge >= 0.3 is 0 Å². The van der Waals surface area contributed by atoms with Gasteiger partial charge in [-0.15, -0.1) is 0 Å². The Morgan fingerprint density at radius 2 is 1.79 bits per heavy atom. The van der Waals surface area contributed by atoms with E-state index in [4.69, 9.17) is 16.6 Å². The molecule has 8 nitrogen and oxygen atoms in total. The number of hydrogen-bond donors (Lipinski definition) is 5. The van der Waals surface area contributed by atoms with Gasteiger partial charge < -0.3 is 27.2 Å². The Hall–Kier alpha value is -1.67. The number of nitrogens with one attached hydrogen (secondary N) is 2. The quantitative estimate of drug-likeness (QED) is 0.297. The molecule has 110 valence electrons. The predicted molar refractivity (Wildman–Crippen MR) is 68.7 cm³/mol. The summed E-state index contributed by atoms with van der Waals surface area (Å²) < 4.78 is 0. The van der Waals surface area contributed by atoms with E-state index in [0.29, 0.717) is 19.4 Å². The molecule has 0 saturated carbocycles. The van der Waals surface area contributed by atoms with Crippen molar-refractivity contribution >= 4 is 17.7 Å². The number of carbonyl (C=O) groups is 3. The monoisotopic (exact) mass is 274 g/mol. The van der Waals surface area contributed by atoms with E-state index in [-0.39, 0.29) is 0 Å². The van der Waals surface area contributed by atoms with Crippen LogP contribution >= 0.6 is 0 Å². The van der Waals surface area contributed by atoms with Crippen molar-refractivity contribution < 1.29 is 19.5 Å². The van der Waals surface area contributed by atoms with E-state index in [1.165, 1.54) is 6.92 Å². The van der Waals surface area contributed by atoms with E-state index in [1.807, 2.05) is 0 Å². The molecule has 0 radical (unpaired) electrons. The van der Waals surface area contributed by atoms with Gasteiger partial charge in [0.2, 0.25) is 17.7 Å². The van der Waals surface area contributed by atoms with Crippen LogP contribution in [0.4, 0.5) is 0 Å². The van der Waals surface area contributed by atoms with E-state index in [2.05, 4.69) is 10.6 Å². The highest BCUT2D eigenvalue weighted by atomic mass is 16.3. The summed E-state index contributed by atoms with van der Waals surface area (Å²) in [6.45, 7) is 1.16. The first-order valence-corrected chi connectivity index (χ1v) is 6.10. The number of aliphatic hydroxyl groups is 1. The molecule has 0 saturated heterocycles. The van der Waals surface area contributed by atoms with Crippen molar-refractivity contribution in [3.63, 3.8) is 0 Å². The van der Waals surface area contributed by atoms with Crippen LogP contribution in [0, 0.1) is 0 Å². The lowest BCUT2D eigenvalue weighted by Crippen LogP contribution is -2.53. The Labute approximate surface area is 111 Å². The first-order valence-electron chi connectivity index (χ1n) is 6.10. The standard InChI is InChI=1S/C11H22N4O4/c1-7(17)14-9(6-16)11(19)15-8(10(13)18)4-2-3-5-12/h8-9,16H,2-6,12H2,1H3,(H2,13,18)(H,14,17)(H,15,19)/t8?,9-/m0/s1. The summed E-state index contributed by atoms with van der Waals surface area (Å²) in [5.41, 5.74) is 10.5. The molecular weight excluding hydrogens is 252 g/mol. The molecule has 3 amide bonds. The van der Waals surface area contributed by atoms with Crippen molar-refractivity contribution in [1.29, 1.82) is 0 Å². The van der Waals surface area contributed by atoms with Gasteiger partial charge in [-0.2, -0.15) is 0 Å². The highest BCUT2D eigenvalue weighted by Gasteiger charge is 2.23. The average Bonchev–Trinajstić information content (AvgIpc) is 2.34. The fourth-order valence-electron chi connectivity index (χ4n) is 1.49. The number of primary amides is 1. The summed E-state index contributed by atoms with van der Waals surface area (Å²) in [7, 11) is 0. The zero-order valence-electron chi connectivity index (χ0n) is 11.0. The molecule has 0 aliphatic carbocycles. The van der Waals surface area contributed by atoms with Gasteiger partial charge in [0, 0.05) is 6.92 Å². The van der Waals surface area contributed by atoms with Gasteiger partial charge in [0.15, 0.2) is 0 Å². The molecule has 2 atom stereocenters. The molecule has 8 heteroatoms. The number of amides is 3. The fourth-order valence-corrected chi connectivity index (χ4v) is 1.49. The van der Waals surface area contributed by atoms with Gasteiger partial charge in [-0.05, 0) is 25.8 Å². The van der Waals surface area contributed by atoms with Crippen molar-refractivity contribution in [3.8, 4) is 0 Å². The molecule has 0 fully saturated rings. The number of hydrogen-bond acceptors (Lipinski definition) is 5. The van der Waals surface area contributed by atoms with Gasteiger partial charge in [-0.25, -0.2) is 0 Å². The summed E-state index contributed by atoms with van der Waals surface area (Å²) in [5.74, 6) is -1.76. The normalized spacial score (nSPS) is 13.4. The van der Waals surface area contributed by atoms with Crippen LogP contribution in [0.5, 0.6) is 0 Å². The molecule has 0 aromatic carbocycles. The van der Waals surface area contributed by atoms with Gasteiger partial charge in [0.1, 0.15) is 12.1 Å². The fraction of sp³-hybridized carbons (Fsp3) is 0.727. The average molecular weight is 274 g/mol. The Bertz CT molecular complexity index is 322. The molecule has 0 rings (SSSR count). The third-order valence-electron chi connectivity index (χ3n) is 2.48. The molecule has 1 unspecified atom stereocenters. The highest BCUT2D eigenvalue weighted by Crippen LogP contribution is 2.00. The zero-order valence-corrected chi connectivity index (χ0v) is 11.0. The third kappa shape index (κ3) is 7.37. The maximum atomic E-state index is 11.7. The third-order valence-corrected chi connectivity index (χ3v) is 2.48. The molecule has 0 heterocycles. The summed E-state index contributed by atoms with van der Waals surface area (Å²) in [5, 5.41) is 13.7. The van der Waals surface area contributed by atoms with E-state index >= 15 is 0 Å². The number of carbonyl (C=O) groups excluding carboxylic acids is 3. The first-order chi connectivity index (χ1) is 8.92. The summed E-state index contributed by atoms with van der Waals surface area (Å²) >= 11 is 0. The minimum absolute atomic E-state index is 0.372. The Morgan fingerprint density at radius 1 is 1.16 bits per heavy atom. The maximum Gasteiger partial charge on any atom is 0.245 e. The lowest BCUT2D eigenvalue weighted by Gasteiger charge is -2.20. The number of aliphatic hydroxyl groups excluding tert-OH is 1. The summed E-state index contributed by atoms with van der Waals surface area (Å²) in [6, 6.07) is -1.92. The molecule has 19 heavy (non-hydrogen) atoms. The second kappa shape index (κ2) is 9.29. The van der Waals surface area contributed by atoms with Crippen molar-refractivity contribution in [1.82, 2.24) is 10.6 Å². The van der Waals surface area contributed by atoms with Crippen LogP contribution in [0.3, 0.4) is 0 Å². The first kappa shape index (κ1) is 17.3. The molecule has 0 aliphatic rings. The van der Waals surface area contributed by atoms with Crippen LogP contribution in [-0.2, 0) is 14.4 Å². The second-order valence-corrected chi connectivity index (χ2v) is 4.18. The minimum atomic E-state index is -1.09. The highest BCUT2D eigenvalue weighted by molar-refractivity contribution is 5.91. The number of unbranched alkanes of at least 4 members (excludes halogenated alkanes) is 1. The van der Waals surface area contributed by atoms with Crippen LogP contribution in [0.2, 0.25) is 0 Å². The lowest BCUT2D eigenvalue weighted by molar-refractivity contribution is -0.131. The lowest BCUT2D eigenvalue weighted by atomic mass is 10.1. The molecule has 0 aromatic rings. The minimum Gasteiger partial charge on any atom is -0.394 e. The molecule has 0 aliphatic heterocycles. The van der Waals surface area contributed by atoms with Crippen LogP contribution in [0.1, 0.15) is 26.2 Å². The van der Waals surface area contributed by atoms with Crippen molar-refractivity contribution in [2.45, 2.75) is 38.3 Å². The van der Waals surface area contributed by atoms with Crippen LogP contribution in [0.15, 0.2) is 0 Å². The van der Waals surface area contributed by atoms with E-state index in [0.717, 1.165) is 6.42 Å². The predicted octanol–water partition coefficient (Wildman–Crippen LogP) is -2.42. The van der Waals surface area contributed by atoms with Crippen molar-refractivity contribution in [2.75, 3.05) is 13.2 Å². The van der Waals surface area contributed by atoms with Crippen LogP contribution in [-0.4, -0.2) is 48.1 Å². The van der Waals surface area contributed by atoms with Crippen LogP contribution in [0.25, 0.3) is 0 Å². The van der Waals surface area contributed by atoms with E-state index in [9.17, 15) is 14.4 Å². The topological polar surface area (TPSA) is 148 Å². The van der Waals surface area contributed by atoms with Gasteiger partial charge in [0.25, 0.3) is 0 Å². The molecular formula is C11H22N4O4. The van der Waals surface area contributed by atoms with Gasteiger partial charge in [0.05, 0.1) is 6.61 Å². The zero-order chi connectivity index (χ0) is 14.8. The Kier molecular flexibility index (Phi) is 8.47. The SMILES string of the molecule is CC(=O)N[C@@H](CO)C(=O)NC(CCCCN)C(N)=O. The van der Waals surface area contributed by atoms with Crippen LogP contribution < -0.4 is 22.1 Å².